The molecule has 38 heavy (non-hydrogen) atoms. The fourth-order valence-electron chi connectivity index (χ4n) is 5.09. The Morgan fingerprint density at radius 2 is 1.76 bits per heavy atom. The fourth-order valence-corrected chi connectivity index (χ4v) is 5.09. The number of aromatic nitrogens is 2. The number of carbonyl (C=O) groups is 1. The molecular weight excluding hydrogens is 491 g/mol. The van der Waals surface area contributed by atoms with Gasteiger partial charge in [0.15, 0.2) is 5.82 Å². The molecular formula is C29H30F3N5O. The lowest BCUT2D eigenvalue weighted by atomic mass is 10.1. The number of likely N-dealkylation sites (N-methyl/N-ethyl adjacent to an activating group) is 1. The zero-order chi connectivity index (χ0) is 27.0. The first-order valence-corrected chi connectivity index (χ1v) is 12.7. The number of hydrogen-bond acceptors (Lipinski definition) is 4. The molecule has 0 bridgehead atoms. The number of piperazine rings is 1. The Kier molecular flexibility index (Phi) is 7.01. The van der Waals surface area contributed by atoms with E-state index in [4.69, 9.17) is 0 Å². The minimum Gasteiger partial charge on any atom is -0.374 e. The van der Waals surface area contributed by atoms with Crippen molar-refractivity contribution in [1.82, 2.24) is 14.9 Å². The van der Waals surface area contributed by atoms with E-state index < -0.39 is 11.6 Å². The van der Waals surface area contributed by atoms with Crippen molar-refractivity contribution in [2.75, 3.05) is 49.6 Å². The lowest BCUT2D eigenvalue weighted by molar-refractivity contribution is 0.0746. The van der Waals surface area contributed by atoms with Crippen LogP contribution >= 0.6 is 0 Å². The molecule has 5 rings (SSSR count). The first kappa shape index (κ1) is 25.6. The third kappa shape index (κ3) is 5.05. The van der Waals surface area contributed by atoms with Crippen LogP contribution in [0.1, 0.15) is 34.6 Å². The standard InChI is InChI=1S/C29H30F3N5O/c1-18-8-9-20(29(38)37-12-10-36(11-13-37)25-7-5-4-6-22(25)31)14-26(18)35(3)17-19(2)28-33-24-16-21(30)15-23(32)27(24)34-28/h4-9,14-16,19H,10-13,17H2,1-3H3,(H,33,34). The number of halogens is 3. The highest BCUT2D eigenvalue weighted by molar-refractivity contribution is 5.95. The second-order valence-electron chi connectivity index (χ2n) is 9.92. The number of para-hydroxylation sites is 1. The van der Waals surface area contributed by atoms with Crippen LogP contribution in [-0.2, 0) is 0 Å². The van der Waals surface area contributed by atoms with Gasteiger partial charge in [0.05, 0.1) is 11.2 Å². The third-order valence-electron chi connectivity index (χ3n) is 7.17. The third-order valence-corrected chi connectivity index (χ3v) is 7.17. The predicted octanol–water partition coefficient (Wildman–Crippen LogP) is 5.49. The van der Waals surface area contributed by atoms with Gasteiger partial charge in [-0.2, -0.15) is 0 Å². The summed E-state index contributed by atoms with van der Waals surface area (Å²) < 4.78 is 41.9. The predicted molar refractivity (Wildman–Crippen MR) is 143 cm³/mol. The molecule has 0 saturated carbocycles. The average molecular weight is 522 g/mol. The molecule has 0 aliphatic carbocycles. The van der Waals surface area contributed by atoms with Gasteiger partial charge in [0.2, 0.25) is 0 Å². The van der Waals surface area contributed by atoms with E-state index in [1.54, 1.807) is 17.0 Å². The SMILES string of the molecule is Cc1ccc(C(=O)N2CCN(c3ccccc3F)CC2)cc1N(C)CC(C)c1nc2c(F)cc(F)cc2[nH]1. The maximum Gasteiger partial charge on any atom is 0.254 e. The van der Waals surface area contributed by atoms with Crippen LogP contribution in [0.5, 0.6) is 0 Å². The molecule has 1 aliphatic rings. The molecule has 2 heterocycles. The molecule has 4 aromatic rings. The van der Waals surface area contributed by atoms with Gasteiger partial charge in [0.1, 0.15) is 23.0 Å². The van der Waals surface area contributed by atoms with Gasteiger partial charge in [-0.1, -0.05) is 25.1 Å². The van der Waals surface area contributed by atoms with Gasteiger partial charge in [-0.15, -0.1) is 0 Å². The molecule has 1 aromatic heterocycles. The average Bonchev–Trinajstić information content (AvgIpc) is 3.34. The first-order valence-electron chi connectivity index (χ1n) is 12.7. The zero-order valence-corrected chi connectivity index (χ0v) is 21.6. The topological polar surface area (TPSA) is 55.5 Å². The number of amides is 1. The van der Waals surface area contributed by atoms with Gasteiger partial charge in [0, 0.05) is 63.0 Å². The highest BCUT2D eigenvalue weighted by Gasteiger charge is 2.25. The Balaban J connectivity index is 1.27. The number of imidazole rings is 1. The summed E-state index contributed by atoms with van der Waals surface area (Å²) >= 11 is 0. The van der Waals surface area contributed by atoms with Crippen molar-refractivity contribution >= 4 is 28.3 Å². The number of nitrogens with zero attached hydrogens (tertiary/aromatic N) is 4. The molecule has 1 unspecified atom stereocenters. The molecule has 1 saturated heterocycles. The summed E-state index contributed by atoms with van der Waals surface area (Å²) in [4.78, 5) is 26.5. The maximum absolute atomic E-state index is 14.2. The molecule has 198 valence electrons. The van der Waals surface area contributed by atoms with Crippen LogP contribution in [-0.4, -0.2) is 60.5 Å². The molecule has 0 radical (unpaired) electrons. The maximum atomic E-state index is 14.2. The summed E-state index contributed by atoms with van der Waals surface area (Å²) in [6, 6.07) is 14.4. The van der Waals surface area contributed by atoms with E-state index >= 15 is 0 Å². The Morgan fingerprint density at radius 1 is 1.03 bits per heavy atom. The van der Waals surface area contributed by atoms with Crippen molar-refractivity contribution in [1.29, 1.82) is 0 Å². The van der Waals surface area contributed by atoms with Crippen LogP contribution in [0.25, 0.3) is 11.0 Å². The van der Waals surface area contributed by atoms with E-state index in [2.05, 4.69) is 9.97 Å². The minimum atomic E-state index is -0.695. The lowest BCUT2D eigenvalue weighted by Gasteiger charge is -2.36. The summed E-state index contributed by atoms with van der Waals surface area (Å²) in [6.07, 6.45) is 0. The molecule has 3 aromatic carbocycles. The highest BCUT2D eigenvalue weighted by atomic mass is 19.1. The first-order chi connectivity index (χ1) is 18.2. The van der Waals surface area contributed by atoms with E-state index in [0.717, 1.165) is 17.3 Å². The van der Waals surface area contributed by atoms with Crippen LogP contribution < -0.4 is 9.80 Å². The molecule has 1 N–H and O–H groups in total. The molecule has 1 aliphatic heterocycles. The number of aromatic amines is 1. The molecule has 1 amide bonds. The fraction of sp³-hybridized carbons (Fsp3) is 0.310. The Hall–Kier alpha value is -4.01. The van der Waals surface area contributed by atoms with Crippen molar-refractivity contribution < 1.29 is 18.0 Å². The van der Waals surface area contributed by atoms with E-state index in [1.165, 1.54) is 12.1 Å². The van der Waals surface area contributed by atoms with Crippen LogP contribution in [0.15, 0.2) is 54.6 Å². The van der Waals surface area contributed by atoms with Crippen LogP contribution in [0.2, 0.25) is 0 Å². The van der Waals surface area contributed by atoms with Gasteiger partial charge in [-0.3, -0.25) is 4.79 Å². The van der Waals surface area contributed by atoms with Crippen LogP contribution in [0.3, 0.4) is 0 Å². The summed E-state index contributed by atoms with van der Waals surface area (Å²) in [5, 5.41) is 0. The van der Waals surface area contributed by atoms with Crippen molar-refractivity contribution in [3.63, 3.8) is 0 Å². The Morgan fingerprint density at radius 3 is 2.50 bits per heavy atom. The number of benzene rings is 3. The van der Waals surface area contributed by atoms with Crippen molar-refractivity contribution in [3.05, 3.63) is 89.0 Å². The number of carbonyl (C=O) groups excluding carboxylic acids is 1. The lowest BCUT2D eigenvalue weighted by Crippen LogP contribution is -2.49. The van der Waals surface area contributed by atoms with Crippen LogP contribution in [0.4, 0.5) is 24.5 Å². The number of H-pyrrole nitrogens is 1. The highest BCUT2D eigenvalue weighted by Crippen LogP contribution is 2.27. The van der Waals surface area contributed by atoms with Gasteiger partial charge in [-0.05, 0) is 42.8 Å². The zero-order valence-electron chi connectivity index (χ0n) is 21.6. The normalized spacial score (nSPS) is 14.7. The van der Waals surface area contributed by atoms with E-state index in [-0.39, 0.29) is 23.2 Å². The van der Waals surface area contributed by atoms with Gasteiger partial charge in [0.25, 0.3) is 5.91 Å². The number of hydrogen-bond donors (Lipinski definition) is 1. The van der Waals surface area contributed by atoms with Gasteiger partial charge < -0.3 is 19.7 Å². The largest absolute Gasteiger partial charge is 0.374 e. The number of fused-ring (bicyclic) bond motifs is 1. The molecule has 9 heteroatoms. The molecule has 0 spiro atoms. The number of anilines is 2. The number of rotatable bonds is 6. The Labute approximate surface area is 219 Å². The minimum absolute atomic E-state index is 0.0596. The van der Waals surface area contributed by atoms with Crippen molar-refractivity contribution in [2.24, 2.45) is 0 Å². The molecule has 1 fully saturated rings. The Bertz CT molecular complexity index is 1480. The monoisotopic (exact) mass is 521 g/mol. The van der Waals surface area contributed by atoms with E-state index in [0.29, 0.717) is 55.3 Å². The van der Waals surface area contributed by atoms with Crippen molar-refractivity contribution in [3.8, 4) is 0 Å². The molecule has 6 nitrogen and oxygen atoms in total. The van der Waals surface area contributed by atoms with Gasteiger partial charge >= 0.3 is 0 Å². The van der Waals surface area contributed by atoms with E-state index in [9.17, 15) is 18.0 Å². The second kappa shape index (κ2) is 10.4. The number of aryl methyl sites for hydroxylation is 1. The molecule has 1 atom stereocenters. The van der Waals surface area contributed by atoms with Gasteiger partial charge in [-0.25, -0.2) is 18.2 Å². The van der Waals surface area contributed by atoms with Crippen LogP contribution in [0, 0.1) is 24.4 Å². The second-order valence-corrected chi connectivity index (χ2v) is 9.92. The summed E-state index contributed by atoms with van der Waals surface area (Å²) in [7, 11) is 1.93. The summed E-state index contributed by atoms with van der Waals surface area (Å²) in [6.45, 7) is 6.62. The summed E-state index contributed by atoms with van der Waals surface area (Å²) in [5.41, 5.74) is 3.51. The smallest absolute Gasteiger partial charge is 0.254 e. The van der Waals surface area contributed by atoms with Crippen molar-refractivity contribution in [2.45, 2.75) is 19.8 Å². The quantitative estimate of drug-likeness (QED) is 0.365. The summed E-state index contributed by atoms with van der Waals surface area (Å²) in [5.74, 6) is -1.21. The van der Waals surface area contributed by atoms with E-state index in [1.807, 2.05) is 55.0 Å². The number of nitrogens with one attached hydrogen (secondary N) is 1.